The molecule has 0 radical (unpaired) electrons. The largest absolute Gasteiger partial charge is 0.258 e. The fourth-order valence-electron chi connectivity index (χ4n) is 2.18. The number of hydrogen-bond donors (Lipinski definition) is 1. The van der Waals surface area contributed by atoms with Crippen LogP contribution in [-0.2, 0) is 6.42 Å². The number of nitrogens with one attached hydrogen (secondary N) is 1. The van der Waals surface area contributed by atoms with Crippen LogP contribution >= 0.6 is 0 Å². The maximum absolute atomic E-state index is 4.16. The minimum absolute atomic E-state index is 0.938. The Hall–Kier alpha value is -2.16. The Balaban J connectivity index is 2.30. The minimum atomic E-state index is 0.938. The second kappa shape index (κ2) is 4.01. The first kappa shape index (κ1) is 10.0. The van der Waals surface area contributed by atoms with Crippen LogP contribution < -0.4 is 0 Å². The first-order valence-electron chi connectivity index (χ1n) is 5.78. The van der Waals surface area contributed by atoms with Gasteiger partial charge in [-0.15, -0.1) is 5.10 Å². The van der Waals surface area contributed by atoms with Gasteiger partial charge in [0.1, 0.15) is 5.52 Å². The third kappa shape index (κ3) is 1.60. The van der Waals surface area contributed by atoms with E-state index < -0.39 is 0 Å². The number of fused-ring (bicyclic) bond motifs is 1. The van der Waals surface area contributed by atoms with Crippen molar-refractivity contribution < 1.29 is 0 Å². The van der Waals surface area contributed by atoms with Crippen LogP contribution in [0.15, 0.2) is 42.5 Å². The van der Waals surface area contributed by atoms with E-state index in [4.69, 9.17) is 0 Å². The fourth-order valence-corrected chi connectivity index (χ4v) is 2.18. The van der Waals surface area contributed by atoms with Gasteiger partial charge in [-0.1, -0.05) is 48.5 Å². The number of aryl methyl sites for hydroxylation is 1. The molecule has 3 nitrogen and oxygen atoms in total. The molecule has 0 spiro atoms. The van der Waals surface area contributed by atoms with Crippen molar-refractivity contribution in [1.29, 1.82) is 0 Å². The maximum Gasteiger partial charge on any atom is 0.120 e. The van der Waals surface area contributed by atoms with E-state index in [1.54, 1.807) is 0 Å². The fraction of sp³-hybridized carbons (Fsp3) is 0.143. The summed E-state index contributed by atoms with van der Waals surface area (Å²) in [6.45, 7) is 2.17. The Bertz CT molecular complexity index is 655. The van der Waals surface area contributed by atoms with E-state index in [1.807, 2.05) is 12.1 Å². The molecule has 3 aromatic rings. The lowest BCUT2D eigenvalue weighted by molar-refractivity contribution is 0.959. The van der Waals surface area contributed by atoms with E-state index in [9.17, 15) is 0 Å². The number of aromatic nitrogens is 3. The Labute approximate surface area is 99.5 Å². The van der Waals surface area contributed by atoms with Crippen LogP contribution in [0.25, 0.3) is 22.2 Å². The Morgan fingerprint density at radius 2 is 1.82 bits per heavy atom. The SMILES string of the molecule is CCc1ccccc1-c1cccc2[nH]nnc12. The van der Waals surface area contributed by atoms with Crippen LogP contribution in [-0.4, -0.2) is 15.4 Å². The summed E-state index contributed by atoms with van der Waals surface area (Å²) in [5, 5.41) is 10.9. The highest BCUT2D eigenvalue weighted by atomic mass is 15.3. The number of aromatic amines is 1. The molecule has 84 valence electrons. The van der Waals surface area contributed by atoms with E-state index in [0.29, 0.717) is 0 Å². The maximum atomic E-state index is 4.16. The van der Waals surface area contributed by atoms with Gasteiger partial charge in [-0.05, 0) is 23.6 Å². The van der Waals surface area contributed by atoms with Gasteiger partial charge in [-0.3, -0.25) is 5.10 Å². The van der Waals surface area contributed by atoms with Gasteiger partial charge in [0.15, 0.2) is 0 Å². The van der Waals surface area contributed by atoms with Gasteiger partial charge in [-0.2, -0.15) is 0 Å². The second-order valence-electron chi connectivity index (χ2n) is 4.02. The standard InChI is InChI=1S/C14H13N3/c1-2-10-6-3-4-7-11(10)12-8-5-9-13-14(12)16-17-15-13/h3-9H,2H2,1H3,(H,15,16,17). The molecular weight excluding hydrogens is 210 g/mol. The van der Waals surface area contributed by atoms with Crippen LogP contribution in [0, 0.1) is 0 Å². The lowest BCUT2D eigenvalue weighted by Crippen LogP contribution is -1.88. The van der Waals surface area contributed by atoms with Crippen LogP contribution in [0.5, 0.6) is 0 Å². The van der Waals surface area contributed by atoms with E-state index in [1.165, 1.54) is 11.1 Å². The van der Waals surface area contributed by atoms with Gasteiger partial charge >= 0.3 is 0 Å². The highest BCUT2D eigenvalue weighted by Gasteiger charge is 2.09. The van der Waals surface area contributed by atoms with Crippen LogP contribution in [0.3, 0.4) is 0 Å². The molecule has 0 amide bonds. The lowest BCUT2D eigenvalue weighted by atomic mass is 9.97. The zero-order valence-corrected chi connectivity index (χ0v) is 9.64. The average molecular weight is 223 g/mol. The molecule has 0 atom stereocenters. The van der Waals surface area contributed by atoms with Crippen molar-refractivity contribution >= 4 is 11.0 Å². The number of nitrogens with zero attached hydrogens (tertiary/aromatic N) is 2. The molecule has 0 saturated heterocycles. The smallest absolute Gasteiger partial charge is 0.120 e. The third-order valence-electron chi connectivity index (χ3n) is 3.04. The molecule has 3 heteroatoms. The number of hydrogen-bond acceptors (Lipinski definition) is 2. The van der Waals surface area contributed by atoms with Crippen molar-refractivity contribution in [3.05, 3.63) is 48.0 Å². The van der Waals surface area contributed by atoms with Gasteiger partial charge < -0.3 is 0 Å². The molecule has 1 N–H and O–H groups in total. The average Bonchev–Trinajstić information content (AvgIpc) is 2.86. The molecule has 1 aromatic heterocycles. The van der Waals surface area contributed by atoms with E-state index in [2.05, 4.69) is 52.7 Å². The lowest BCUT2D eigenvalue weighted by Gasteiger charge is -2.07. The summed E-state index contributed by atoms with van der Waals surface area (Å²) in [4.78, 5) is 0. The van der Waals surface area contributed by atoms with Crippen molar-refractivity contribution in [2.75, 3.05) is 0 Å². The van der Waals surface area contributed by atoms with Crippen LogP contribution in [0.2, 0.25) is 0 Å². The van der Waals surface area contributed by atoms with Crippen molar-refractivity contribution in [3.63, 3.8) is 0 Å². The Morgan fingerprint density at radius 3 is 2.71 bits per heavy atom. The van der Waals surface area contributed by atoms with Gasteiger partial charge in [-0.25, -0.2) is 0 Å². The molecule has 0 aliphatic heterocycles. The van der Waals surface area contributed by atoms with Gasteiger partial charge in [0.25, 0.3) is 0 Å². The van der Waals surface area contributed by atoms with Gasteiger partial charge in [0, 0.05) is 5.56 Å². The second-order valence-corrected chi connectivity index (χ2v) is 4.02. The summed E-state index contributed by atoms with van der Waals surface area (Å²) in [5.74, 6) is 0. The summed E-state index contributed by atoms with van der Waals surface area (Å²) < 4.78 is 0. The first-order chi connectivity index (χ1) is 8.40. The summed E-state index contributed by atoms with van der Waals surface area (Å²) >= 11 is 0. The third-order valence-corrected chi connectivity index (χ3v) is 3.04. The molecule has 0 aliphatic carbocycles. The van der Waals surface area contributed by atoms with Crippen molar-refractivity contribution in [1.82, 2.24) is 15.4 Å². The highest BCUT2D eigenvalue weighted by Crippen LogP contribution is 2.28. The molecule has 0 saturated carbocycles. The topological polar surface area (TPSA) is 41.6 Å². The summed E-state index contributed by atoms with van der Waals surface area (Å²) in [6, 6.07) is 14.6. The predicted octanol–water partition coefficient (Wildman–Crippen LogP) is 3.19. The molecule has 0 unspecified atom stereocenters. The van der Waals surface area contributed by atoms with E-state index in [-0.39, 0.29) is 0 Å². The quantitative estimate of drug-likeness (QED) is 0.725. The Kier molecular flexibility index (Phi) is 2.37. The summed E-state index contributed by atoms with van der Waals surface area (Å²) in [6.07, 6.45) is 1.02. The van der Waals surface area contributed by atoms with Crippen molar-refractivity contribution in [3.8, 4) is 11.1 Å². The van der Waals surface area contributed by atoms with Gasteiger partial charge in [0.05, 0.1) is 5.52 Å². The van der Waals surface area contributed by atoms with Crippen molar-refractivity contribution in [2.24, 2.45) is 0 Å². The highest BCUT2D eigenvalue weighted by molar-refractivity contribution is 5.92. The van der Waals surface area contributed by atoms with Crippen LogP contribution in [0.1, 0.15) is 12.5 Å². The predicted molar refractivity (Wildman–Crippen MR) is 68.7 cm³/mol. The monoisotopic (exact) mass is 223 g/mol. The zero-order chi connectivity index (χ0) is 11.7. The molecule has 1 heterocycles. The van der Waals surface area contributed by atoms with E-state index in [0.717, 1.165) is 23.0 Å². The van der Waals surface area contributed by atoms with Crippen molar-refractivity contribution in [2.45, 2.75) is 13.3 Å². The van der Waals surface area contributed by atoms with Gasteiger partial charge in [0.2, 0.25) is 0 Å². The molecule has 0 aliphatic rings. The molecule has 2 aromatic carbocycles. The number of rotatable bonds is 2. The molecule has 17 heavy (non-hydrogen) atoms. The molecule has 3 rings (SSSR count). The van der Waals surface area contributed by atoms with Crippen LogP contribution in [0.4, 0.5) is 0 Å². The molecule has 0 fully saturated rings. The first-order valence-corrected chi connectivity index (χ1v) is 5.78. The summed E-state index contributed by atoms with van der Waals surface area (Å²) in [5.41, 5.74) is 5.65. The Morgan fingerprint density at radius 1 is 1.00 bits per heavy atom. The number of H-pyrrole nitrogens is 1. The molecule has 0 bridgehead atoms. The minimum Gasteiger partial charge on any atom is -0.258 e. The zero-order valence-electron chi connectivity index (χ0n) is 9.64. The normalized spacial score (nSPS) is 10.9. The molecular formula is C14H13N3. The summed E-state index contributed by atoms with van der Waals surface area (Å²) in [7, 11) is 0. The number of benzene rings is 2. The van der Waals surface area contributed by atoms with E-state index >= 15 is 0 Å².